The standard InChI is InChI=1S/C14H26O/c1-10(2)7-12(5)8-14(9-15)13(6)11(3)4/h8-13H,7H2,1-6H3/b14-8+. The van der Waals surface area contributed by atoms with E-state index >= 15 is 0 Å². The first-order valence-electron chi connectivity index (χ1n) is 6.05. The summed E-state index contributed by atoms with van der Waals surface area (Å²) in [6.45, 7) is 13.1. The highest BCUT2D eigenvalue weighted by molar-refractivity contribution is 5.73. The van der Waals surface area contributed by atoms with Crippen LogP contribution in [0, 0.1) is 23.7 Å². The van der Waals surface area contributed by atoms with Crippen molar-refractivity contribution in [2.24, 2.45) is 23.7 Å². The van der Waals surface area contributed by atoms with Gasteiger partial charge in [-0.3, -0.25) is 4.79 Å². The SMILES string of the molecule is CC(C)CC(C)/C=C(\C=O)C(C)C(C)C. The van der Waals surface area contributed by atoms with Crippen molar-refractivity contribution >= 4 is 6.29 Å². The summed E-state index contributed by atoms with van der Waals surface area (Å²) >= 11 is 0. The van der Waals surface area contributed by atoms with Gasteiger partial charge in [0.15, 0.2) is 0 Å². The average molecular weight is 210 g/mol. The third-order valence-electron chi connectivity index (χ3n) is 2.98. The summed E-state index contributed by atoms with van der Waals surface area (Å²) < 4.78 is 0. The Hall–Kier alpha value is -0.590. The first-order valence-corrected chi connectivity index (χ1v) is 6.05. The zero-order chi connectivity index (χ0) is 12.0. The van der Waals surface area contributed by atoms with Crippen molar-refractivity contribution in [3.05, 3.63) is 11.6 Å². The molecule has 0 amide bonds. The fourth-order valence-electron chi connectivity index (χ4n) is 1.82. The van der Waals surface area contributed by atoms with Gasteiger partial charge in [-0.2, -0.15) is 0 Å². The van der Waals surface area contributed by atoms with Gasteiger partial charge in [0.05, 0.1) is 0 Å². The van der Waals surface area contributed by atoms with Crippen molar-refractivity contribution in [2.45, 2.75) is 48.0 Å². The van der Waals surface area contributed by atoms with Gasteiger partial charge in [0.1, 0.15) is 6.29 Å². The van der Waals surface area contributed by atoms with E-state index in [0.29, 0.717) is 23.7 Å². The van der Waals surface area contributed by atoms with E-state index in [1.54, 1.807) is 0 Å². The van der Waals surface area contributed by atoms with Gasteiger partial charge in [-0.05, 0) is 35.7 Å². The molecule has 0 aromatic heterocycles. The molecule has 88 valence electrons. The van der Waals surface area contributed by atoms with Gasteiger partial charge >= 0.3 is 0 Å². The van der Waals surface area contributed by atoms with Crippen molar-refractivity contribution in [1.82, 2.24) is 0 Å². The molecular weight excluding hydrogens is 184 g/mol. The number of allylic oxidation sites excluding steroid dienone is 2. The molecule has 0 aliphatic carbocycles. The molecule has 0 aromatic carbocycles. The summed E-state index contributed by atoms with van der Waals surface area (Å²) in [6.07, 6.45) is 4.33. The number of hydrogen-bond acceptors (Lipinski definition) is 1. The smallest absolute Gasteiger partial charge is 0.145 e. The number of rotatable bonds is 6. The Labute approximate surface area is 95.0 Å². The number of hydrogen-bond donors (Lipinski definition) is 0. The molecule has 0 rings (SSSR count). The maximum absolute atomic E-state index is 11.0. The predicted molar refractivity (Wildman–Crippen MR) is 66.8 cm³/mol. The molecule has 0 spiro atoms. The number of aldehydes is 1. The summed E-state index contributed by atoms with van der Waals surface area (Å²) in [4.78, 5) is 11.0. The topological polar surface area (TPSA) is 17.1 Å². The third-order valence-corrected chi connectivity index (χ3v) is 2.98. The molecule has 0 fully saturated rings. The fourth-order valence-corrected chi connectivity index (χ4v) is 1.82. The van der Waals surface area contributed by atoms with Gasteiger partial charge in [0.25, 0.3) is 0 Å². The van der Waals surface area contributed by atoms with E-state index in [2.05, 4.69) is 47.6 Å². The lowest BCUT2D eigenvalue weighted by atomic mass is 9.87. The molecule has 0 aliphatic rings. The van der Waals surface area contributed by atoms with Gasteiger partial charge in [-0.25, -0.2) is 0 Å². The van der Waals surface area contributed by atoms with Crippen LogP contribution in [0.4, 0.5) is 0 Å². The predicted octanol–water partition coefficient (Wildman–Crippen LogP) is 4.09. The second kappa shape index (κ2) is 6.81. The fraction of sp³-hybridized carbons (Fsp3) is 0.786. The van der Waals surface area contributed by atoms with E-state index in [0.717, 1.165) is 18.3 Å². The lowest BCUT2D eigenvalue weighted by Gasteiger charge is -2.17. The maximum atomic E-state index is 11.0. The lowest BCUT2D eigenvalue weighted by Crippen LogP contribution is -2.10. The monoisotopic (exact) mass is 210 g/mol. The van der Waals surface area contributed by atoms with Crippen molar-refractivity contribution in [3.8, 4) is 0 Å². The van der Waals surface area contributed by atoms with E-state index in [-0.39, 0.29) is 0 Å². The van der Waals surface area contributed by atoms with Crippen LogP contribution in [0.2, 0.25) is 0 Å². The van der Waals surface area contributed by atoms with Gasteiger partial charge < -0.3 is 0 Å². The first kappa shape index (κ1) is 14.4. The van der Waals surface area contributed by atoms with Crippen LogP contribution < -0.4 is 0 Å². The molecule has 15 heavy (non-hydrogen) atoms. The molecular formula is C14H26O. The highest BCUT2D eigenvalue weighted by atomic mass is 16.1. The maximum Gasteiger partial charge on any atom is 0.145 e. The molecule has 2 unspecified atom stereocenters. The van der Waals surface area contributed by atoms with Crippen LogP contribution in [0.3, 0.4) is 0 Å². The van der Waals surface area contributed by atoms with Crippen LogP contribution in [-0.4, -0.2) is 6.29 Å². The highest BCUT2D eigenvalue weighted by Crippen LogP contribution is 2.22. The van der Waals surface area contributed by atoms with Crippen molar-refractivity contribution in [3.63, 3.8) is 0 Å². The molecule has 0 N–H and O–H groups in total. The van der Waals surface area contributed by atoms with Gasteiger partial charge in [0, 0.05) is 0 Å². The van der Waals surface area contributed by atoms with E-state index in [1.165, 1.54) is 0 Å². The second-order valence-electron chi connectivity index (χ2n) is 5.42. The van der Waals surface area contributed by atoms with Crippen molar-refractivity contribution < 1.29 is 4.79 Å². The van der Waals surface area contributed by atoms with E-state index < -0.39 is 0 Å². The van der Waals surface area contributed by atoms with Gasteiger partial charge in [0.2, 0.25) is 0 Å². The van der Waals surface area contributed by atoms with Crippen LogP contribution in [-0.2, 0) is 4.79 Å². The Bertz CT molecular complexity index is 213. The normalized spacial score (nSPS) is 16.9. The molecule has 0 bridgehead atoms. The lowest BCUT2D eigenvalue weighted by molar-refractivity contribution is -0.105. The molecule has 0 heterocycles. The molecule has 1 nitrogen and oxygen atoms in total. The average Bonchev–Trinajstić information content (AvgIpc) is 2.11. The molecule has 0 aromatic rings. The second-order valence-corrected chi connectivity index (χ2v) is 5.42. The molecule has 0 saturated carbocycles. The summed E-state index contributed by atoms with van der Waals surface area (Å²) in [5.74, 6) is 2.11. The van der Waals surface area contributed by atoms with Crippen LogP contribution in [0.1, 0.15) is 48.0 Å². The van der Waals surface area contributed by atoms with Crippen LogP contribution in [0.25, 0.3) is 0 Å². The quantitative estimate of drug-likeness (QED) is 0.477. The first-order chi connectivity index (χ1) is 6.88. The van der Waals surface area contributed by atoms with E-state index in [9.17, 15) is 4.79 Å². The van der Waals surface area contributed by atoms with Crippen LogP contribution in [0.15, 0.2) is 11.6 Å². The van der Waals surface area contributed by atoms with Crippen molar-refractivity contribution in [2.75, 3.05) is 0 Å². The Balaban J connectivity index is 4.51. The summed E-state index contributed by atoms with van der Waals surface area (Å²) in [6, 6.07) is 0. The molecule has 2 atom stereocenters. The van der Waals surface area contributed by atoms with Gasteiger partial charge in [-0.15, -0.1) is 0 Å². The third kappa shape index (κ3) is 5.76. The summed E-state index contributed by atoms with van der Waals surface area (Å²) in [5.41, 5.74) is 0.971. The van der Waals surface area contributed by atoms with E-state index in [1.807, 2.05) is 0 Å². The van der Waals surface area contributed by atoms with Crippen LogP contribution >= 0.6 is 0 Å². The largest absolute Gasteiger partial charge is 0.298 e. The number of carbonyl (C=O) groups is 1. The van der Waals surface area contributed by atoms with E-state index in [4.69, 9.17) is 0 Å². The highest BCUT2D eigenvalue weighted by Gasteiger charge is 2.13. The minimum absolute atomic E-state index is 0.372. The molecule has 0 aliphatic heterocycles. The zero-order valence-corrected chi connectivity index (χ0v) is 11.1. The Morgan fingerprint density at radius 2 is 1.60 bits per heavy atom. The Kier molecular flexibility index (Phi) is 6.55. The summed E-state index contributed by atoms with van der Waals surface area (Å²) in [5, 5.41) is 0. The zero-order valence-electron chi connectivity index (χ0n) is 11.1. The molecule has 1 heteroatoms. The molecule has 0 saturated heterocycles. The Morgan fingerprint density at radius 3 is 1.93 bits per heavy atom. The Morgan fingerprint density at radius 1 is 1.07 bits per heavy atom. The van der Waals surface area contributed by atoms with Crippen LogP contribution in [0.5, 0.6) is 0 Å². The number of carbonyl (C=O) groups excluding carboxylic acids is 1. The van der Waals surface area contributed by atoms with Crippen molar-refractivity contribution in [1.29, 1.82) is 0 Å². The summed E-state index contributed by atoms with van der Waals surface area (Å²) in [7, 11) is 0. The molecule has 0 radical (unpaired) electrons. The minimum Gasteiger partial charge on any atom is -0.298 e. The van der Waals surface area contributed by atoms with Gasteiger partial charge in [-0.1, -0.05) is 47.6 Å². The minimum atomic E-state index is 0.372.